The first-order valence-electron chi connectivity index (χ1n) is 9.35. The average molecular weight is 374 g/mol. The van der Waals surface area contributed by atoms with Crippen LogP contribution in [0.5, 0.6) is 0 Å². The molecule has 0 spiro atoms. The zero-order valence-corrected chi connectivity index (χ0v) is 16.8. The molecule has 27 heavy (non-hydrogen) atoms. The second-order valence-corrected chi connectivity index (χ2v) is 7.92. The zero-order chi connectivity index (χ0) is 20.2. The number of hydrogen-bond donors (Lipinski definition) is 3. The fourth-order valence-electron chi connectivity index (χ4n) is 2.94. The molecule has 1 saturated heterocycles. The van der Waals surface area contributed by atoms with Gasteiger partial charge in [0.2, 0.25) is 17.7 Å². The van der Waals surface area contributed by atoms with Crippen molar-refractivity contribution >= 4 is 29.1 Å². The van der Waals surface area contributed by atoms with Crippen molar-refractivity contribution in [2.45, 2.75) is 47.1 Å². The van der Waals surface area contributed by atoms with Crippen molar-refractivity contribution in [3.8, 4) is 0 Å². The number of nitrogens with one attached hydrogen (secondary N) is 3. The first-order valence-corrected chi connectivity index (χ1v) is 9.35. The van der Waals surface area contributed by atoms with Crippen molar-refractivity contribution in [2.24, 2.45) is 5.41 Å². The van der Waals surface area contributed by atoms with Crippen LogP contribution in [0.15, 0.2) is 18.2 Å². The van der Waals surface area contributed by atoms with Gasteiger partial charge in [0.25, 0.3) is 0 Å². The minimum atomic E-state index is -0.481. The van der Waals surface area contributed by atoms with Crippen LogP contribution in [0.3, 0.4) is 0 Å². The third-order valence-corrected chi connectivity index (χ3v) is 4.67. The van der Waals surface area contributed by atoms with Crippen molar-refractivity contribution in [3.63, 3.8) is 0 Å². The molecule has 1 aromatic carbocycles. The number of amides is 3. The molecule has 1 unspecified atom stereocenters. The molecule has 7 heteroatoms. The number of carbonyl (C=O) groups is 3. The molecule has 148 valence electrons. The van der Waals surface area contributed by atoms with E-state index < -0.39 is 11.5 Å². The van der Waals surface area contributed by atoms with E-state index in [1.54, 1.807) is 12.1 Å². The van der Waals surface area contributed by atoms with Crippen molar-refractivity contribution in [2.75, 3.05) is 30.3 Å². The molecule has 7 nitrogen and oxygen atoms in total. The smallest absolute Gasteiger partial charge is 0.237 e. The normalized spacial score (nSPS) is 18.0. The Hall–Kier alpha value is -2.41. The first-order chi connectivity index (χ1) is 12.6. The third kappa shape index (κ3) is 5.53. The zero-order valence-electron chi connectivity index (χ0n) is 16.8. The lowest BCUT2D eigenvalue weighted by atomic mass is 9.95. The SMILES string of the molecule is CCN1CCNC(=O)C1CC(=O)Nc1ccc(NC(=O)C(C)(C)C)c(C)c1. The quantitative estimate of drug-likeness (QED) is 0.736. The number of carbonyl (C=O) groups excluding carboxylic acids is 3. The van der Waals surface area contributed by atoms with Gasteiger partial charge in [-0.3, -0.25) is 19.3 Å². The van der Waals surface area contributed by atoms with E-state index in [1.807, 2.05) is 45.6 Å². The maximum absolute atomic E-state index is 12.4. The molecule has 0 aromatic heterocycles. The van der Waals surface area contributed by atoms with E-state index in [2.05, 4.69) is 16.0 Å². The second kappa shape index (κ2) is 8.52. The maximum Gasteiger partial charge on any atom is 0.237 e. The molecule has 0 bridgehead atoms. The summed E-state index contributed by atoms with van der Waals surface area (Å²) in [5, 5.41) is 8.56. The number of aryl methyl sites for hydroxylation is 1. The van der Waals surface area contributed by atoms with Crippen LogP contribution in [0.1, 0.15) is 39.7 Å². The average Bonchev–Trinajstić information content (AvgIpc) is 2.58. The minimum Gasteiger partial charge on any atom is -0.353 e. The summed E-state index contributed by atoms with van der Waals surface area (Å²) >= 11 is 0. The third-order valence-electron chi connectivity index (χ3n) is 4.67. The fraction of sp³-hybridized carbons (Fsp3) is 0.550. The molecule has 0 radical (unpaired) electrons. The van der Waals surface area contributed by atoms with Crippen molar-refractivity contribution in [3.05, 3.63) is 23.8 Å². The van der Waals surface area contributed by atoms with Crippen LogP contribution in [0.2, 0.25) is 0 Å². The Morgan fingerprint density at radius 1 is 1.26 bits per heavy atom. The highest BCUT2D eigenvalue weighted by Gasteiger charge is 2.30. The molecule has 3 N–H and O–H groups in total. The summed E-state index contributed by atoms with van der Waals surface area (Å²) in [6, 6.07) is 4.91. The van der Waals surface area contributed by atoms with E-state index in [0.29, 0.717) is 12.2 Å². The predicted molar refractivity (Wildman–Crippen MR) is 107 cm³/mol. The summed E-state index contributed by atoms with van der Waals surface area (Å²) in [7, 11) is 0. The van der Waals surface area contributed by atoms with Crippen LogP contribution in [-0.4, -0.2) is 48.3 Å². The number of hydrogen-bond acceptors (Lipinski definition) is 4. The van der Waals surface area contributed by atoms with Gasteiger partial charge in [-0.2, -0.15) is 0 Å². The summed E-state index contributed by atoms with van der Waals surface area (Å²) in [6.07, 6.45) is 0.112. The van der Waals surface area contributed by atoms with E-state index in [0.717, 1.165) is 24.3 Å². The van der Waals surface area contributed by atoms with Crippen LogP contribution in [0.25, 0.3) is 0 Å². The Bertz CT molecular complexity index is 724. The topological polar surface area (TPSA) is 90.5 Å². The van der Waals surface area contributed by atoms with Crippen molar-refractivity contribution in [1.29, 1.82) is 0 Å². The Morgan fingerprint density at radius 3 is 2.56 bits per heavy atom. The number of rotatable bonds is 5. The molecule has 1 aliphatic rings. The molecule has 1 aromatic rings. The lowest BCUT2D eigenvalue weighted by molar-refractivity contribution is -0.132. The Morgan fingerprint density at radius 2 is 1.96 bits per heavy atom. The molecule has 1 atom stereocenters. The lowest BCUT2D eigenvalue weighted by Gasteiger charge is -2.33. The van der Waals surface area contributed by atoms with Gasteiger partial charge in [0.1, 0.15) is 0 Å². The molecular formula is C20H30N4O3. The van der Waals surface area contributed by atoms with Gasteiger partial charge in [0.05, 0.1) is 12.5 Å². The summed E-state index contributed by atoms with van der Waals surface area (Å²) in [4.78, 5) is 38.6. The highest BCUT2D eigenvalue weighted by Crippen LogP contribution is 2.23. The highest BCUT2D eigenvalue weighted by molar-refractivity contribution is 5.97. The van der Waals surface area contributed by atoms with E-state index in [-0.39, 0.29) is 24.1 Å². The van der Waals surface area contributed by atoms with Gasteiger partial charge >= 0.3 is 0 Å². The number of piperazine rings is 1. The fourth-order valence-corrected chi connectivity index (χ4v) is 2.94. The van der Waals surface area contributed by atoms with Crippen LogP contribution < -0.4 is 16.0 Å². The molecular weight excluding hydrogens is 344 g/mol. The van der Waals surface area contributed by atoms with Crippen LogP contribution in [-0.2, 0) is 14.4 Å². The van der Waals surface area contributed by atoms with Gasteiger partial charge in [0, 0.05) is 29.9 Å². The summed E-state index contributed by atoms with van der Waals surface area (Å²) < 4.78 is 0. The lowest BCUT2D eigenvalue weighted by Crippen LogP contribution is -2.56. The summed E-state index contributed by atoms with van der Waals surface area (Å²) in [5.41, 5.74) is 1.74. The monoisotopic (exact) mass is 374 g/mol. The van der Waals surface area contributed by atoms with Gasteiger partial charge in [0.15, 0.2) is 0 Å². The van der Waals surface area contributed by atoms with Gasteiger partial charge < -0.3 is 16.0 Å². The summed E-state index contributed by atoms with van der Waals surface area (Å²) in [6.45, 7) is 11.5. The molecule has 1 aliphatic heterocycles. The maximum atomic E-state index is 12.4. The van der Waals surface area contributed by atoms with Crippen molar-refractivity contribution in [1.82, 2.24) is 10.2 Å². The predicted octanol–water partition coefficient (Wildman–Crippen LogP) is 2.13. The highest BCUT2D eigenvalue weighted by atomic mass is 16.2. The molecule has 3 amide bonds. The first kappa shape index (κ1) is 20.9. The molecule has 0 saturated carbocycles. The number of nitrogens with zero attached hydrogens (tertiary/aromatic N) is 1. The van der Waals surface area contributed by atoms with E-state index in [4.69, 9.17) is 0 Å². The van der Waals surface area contributed by atoms with Crippen LogP contribution in [0.4, 0.5) is 11.4 Å². The van der Waals surface area contributed by atoms with E-state index in [1.165, 1.54) is 0 Å². The van der Waals surface area contributed by atoms with Gasteiger partial charge in [-0.15, -0.1) is 0 Å². The Balaban J connectivity index is 2.01. The Labute approximate surface area is 160 Å². The minimum absolute atomic E-state index is 0.0645. The molecule has 0 aliphatic carbocycles. The standard InChI is InChI=1S/C20H30N4O3/c1-6-24-10-9-21-18(26)16(24)12-17(25)22-14-7-8-15(13(2)11-14)23-19(27)20(3,4)5/h7-8,11,16H,6,9-10,12H2,1-5H3,(H,21,26)(H,22,25)(H,23,27). The van der Waals surface area contributed by atoms with E-state index in [9.17, 15) is 14.4 Å². The molecule has 2 rings (SSSR count). The van der Waals surface area contributed by atoms with Gasteiger partial charge in [-0.05, 0) is 37.2 Å². The van der Waals surface area contributed by atoms with E-state index >= 15 is 0 Å². The second-order valence-electron chi connectivity index (χ2n) is 7.92. The number of anilines is 2. The van der Waals surface area contributed by atoms with Crippen LogP contribution in [0, 0.1) is 12.3 Å². The van der Waals surface area contributed by atoms with Crippen molar-refractivity contribution < 1.29 is 14.4 Å². The van der Waals surface area contributed by atoms with Gasteiger partial charge in [-0.1, -0.05) is 27.7 Å². The van der Waals surface area contributed by atoms with Gasteiger partial charge in [-0.25, -0.2) is 0 Å². The number of likely N-dealkylation sites (N-methyl/N-ethyl adjacent to an activating group) is 1. The van der Waals surface area contributed by atoms with Crippen LogP contribution >= 0.6 is 0 Å². The summed E-state index contributed by atoms with van der Waals surface area (Å²) in [5.74, 6) is -0.374. The molecule has 1 fully saturated rings. The number of benzene rings is 1. The Kier molecular flexibility index (Phi) is 6.59. The largest absolute Gasteiger partial charge is 0.353 e. The molecule has 1 heterocycles.